The molecule has 1 heterocycles. The van der Waals surface area contributed by atoms with E-state index in [-0.39, 0.29) is 0 Å². The van der Waals surface area contributed by atoms with E-state index in [0.717, 1.165) is 0 Å². The highest BCUT2D eigenvalue weighted by atomic mass is 17.2. The number of likely N-dealkylation sites (N-methyl/N-ethyl adjacent to an activating group) is 2. The van der Waals surface area contributed by atoms with Crippen LogP contribution in [0, 0.1) is 0 Å². The highest BCUT2D eigenvalue weighted by Gasteiger charge is 2.43. The molecule has 5 heteroatoms. The van der Waals surface area contributed by atoms with Crippen molar-refractivity contribution in [1.82, 2.24) is 9.80 Å². The Balaban J connectivity index is 2.70. The van der Waals surface area contributed by atoms with Crippen molar-refractivity contribution in [1.29, 1.82) is 0 Å². The maximum atomic E-state index is 9.42. The van der Waals surface area contributed by atoms with E-state index in [1.165, 1.54) is 9.80 Å². The van der Waals surface area contributed by atoms with Crippen molar-refractivity contribution in [2.24, 2.45) is 0 Å². The van der Waals surface area contributed by atoms with Crippen molar-refractivity contribution in [2.75, 3.05) is 27.2 Å². The van der Waals surface area contributed by atoms with E-state index in [1.54, 1.807) is 14.1 Å². The summed E-state index contributed by atoms with van der Waals surface area (Å²) in [6.45, 7) is 1.35. The van der Waals surface area contributed by atoms with Gasteiger partial charge in [0.25, 0.3) is 0 Å². The van der Waals surface area contributed by atoms with Crippen LogP contribution in [0.4, 0.5) is 0 Å². The molecule has 1 fully saturated rings. The van der Waals surface area contributed by atoms with Crippen LogP contribution in [0.2, 0.25) is 0 Å². The monoisotopic (exact) mass is 148 g/mol. The van der Waals surface area contributed by atoms with Crippen LogP contribution < -0.4 is 0 Å². The molecule has 60 valence electrons. The molecule has 0 atom stereocenters. The summed E-state index contributed by atoms with van der Waals surface area (Å²) in [6, 6.07) is -1.62. The van der Waals surface area contributed by atoms with Crippen molar-refractivity contribution in [3.05, 3.63) is 0 Å². The minimum absolute atomic E-state index is 0.674. The molecular weight excluding hydrogens is 136 g/mol. The predicted octanol–water partition coefficient (Wildman–Crippen LogP) is -1.04. The SMILES string of the molecule is CN1CCN(C)C1(O)OO. The molecule has 0 aromatic rings. The summed E-state index contributed by atoms with van der Waals surface area (Å²) in [7, 11) is 3.33. The van der Waals surface area contributed by atoms with E-state index < -0.39 is 6.03 Å². The fourth-order valence-corrected chi connectivity index (χ4v) is 1.02. The van der Waals surface area contributed by atoms with Gasteiger partial charge in [-0.3, -0.25) is 0 Å². The van der Waals surface area contributed by atoms with Gasteiger partial charge < -0.3 is 5.11 Å². The molecule has 0 amide bonds. The molecule has 1 rings (SSSR count). The van der Waals surface area contributed by atoms with Crippen molar-refractivity contribution >= 4 is 0 Å². The van der Waals surface area contributed by atoms with E-state index in [4.69, 9.17) is 5.26 Å². The third-order valence-electron chi connectivity index (χ3n) is 1.89. The molecular formula is C5H12N2O3. The van der Waals surface area contributed by atoms with E-state index in [1.807, 2.05) is 0 Å². The lowest BCUT2D eigenvalue weighted by Gasteiger charge is -2.30. The smallest absolute Gasteiger partial charge is 0.322 e. The van der Waals surface area contributed by atoms with Gasteiger partial charge in [-0.15, -0.1) is 0 Å². The van der Waals surface area contributed by atoms with Gasteiger partial charge in [0.15, 0.2) is 0 Å². The quantitative estimate of drug-likeness (QED) is 0.282. The lowest BCUT2D eigenvalue weighted by molar-refractivity contribution is -0.466. The highest BCUT2D eigenvalue weighted by Crippen LogP contribution is 2.20. The van der Waals surface area contributed by atoms with Crippen LogP contribution in [0.3, 0.4) is 0 Å². The molecule has 0 radical (unpaired) electrons. The normalized spacial score (nSPS) is 27.6. The Morgan fingerprint density at radius 3 is 1.90 bits per heavy atom. The Bertz CT molecular complexity index is 120. The third-order valence-corrected chi connectivity index (χ3v) is 1.89. The van der Waals surface area contributed by atoms with Crippen LogP contribution in [-0.4, -0.2) is 53.4 Å². The summed E-state index contributed by atoms with van der Waals surface area (Å²) in [5.74, 6) is 0. The van der Waals surface area contributed by atoms with Gasteiger partial charge in [-0.25, -0.2) is 15.1 Å². The summed E-state index contributed by atoms with van der Waals surface area (Å²) < 4.78 is 0. The first-order valence-electron chi connectivity index (χ1n) is 3.08. The molecule has 2 N–H and O–H groups in total. The summed E-state index contributed by atoms with van der Waals surface area (Å²) in [6.07, 6.45) is 0. The third kappa shape index (κ3) is 0.920. The molecule has 0 aromatic carbocycles. The molecule has 10 heavy (non-hydrogen) atoms. The maximum absolute atomic E-state index is 9.42. The van der Waals surface area contributed by atoms with E-state index in [2.05, 4.69) is 4.89 Å². The maximum Gasteiger partial charge on any atom is 0.322 e. The molecule has 0 aliphatic carbocycles. The van der Waals surface area contributed by atoms with Gasteiger partial charge in [-0.1, -0.05) is 0 Å². The molecule has 0 spiro atoms. The Labute approximate surface area is 59.3 Å². The first-order valence-corrected chi connectivity index (χ1v) is 3.08. The zero-order valence-corrected chi connectivity index (χ0v) is 6.11. The number of aliphatic hydroxyl groups is 1. The number of nitrogens with zero attached hydrogens (tertiary/aromatic N) is 2. The average molecular weight is 148 g/mol. The lowest BCUT2D eigenvalue weighted by Crippen LogP contribution is -2.52. The van der Waals surface area contributed by atoms with Crippen LogP contribution in [0.15, 0.2) is 0 Å². The highest BCUT2D eigenvalue weighted by molar-refractivity contribution is 4.74. The van der Waals surface area contributed by atoms with Crippen LogP contribution in [0.1, 0.15) is 0 Å². The van der Waals surface area contributed by atoms with Crippen molar-refractivity contribution in [3.8, 4) is 0 Å². The van der Waals surface area contributed by atoms with Crippen molar-refractivity contribution in [3.63, 3.8) is 0 Å². The second-order valence-electron chi connectivity index (χ2n) is 2.51. The van der Waals surface area contributed by atoms with Gasteiger partial charge >= 0.3 is 6.03 Å². The Hall–Kier alpha value is -0.200. The summed E-state index contributed by atoms with van der Waals surface area (Å²) in [4.78, 5) is 6.94. The molecule has 0 bridgehead atoms. The molecule has 1 aliphatic rings. The van der Waals surface area contributed by atoms with Crippen molar-refractivity contribution < 1.29 is 15.3 Å². The standard InChI is InChI=1S/C5H12N2O3/c1-6-3-4-7(2)5(6,8)10-9/h8-9H,3-4H2,1-2H3. The number of hydrogen-bond acceptors (Lipinski definition) is 5. The van der Waals surface area contributed by atoms with Gasteiger partial charge in [0.05, 0.1) is 0 Å². The number of rotatable bonds is 1. The van der Waals surface area contributed by atoms with E-state index in [0.29, 0.717) is 13.1 Å². The van der Waals surface area contributed by atoms with Crippen LogP contribution in [-0.2, 0) is 4.89 Å². The zero-order valence-electron chi connectivity index (χ0n) is 6.11. The fraction of sp³-hybridized carbons (Fsp3) is 1.00. The second-order valence-corrected chi connectivity index (χ2v) is 2.51. The summed E-state index contributed by atoms with van der Waals surface area (Å²) in [5.41, 5.74) is 0. The molecule has 0 saturated carbocycles. The van der Waals surface area contributed by atoms with Crippen LogP contribution >= 0.6 is 0 Å². The predicted molar refractivity (Wildman–Crippen MR) is 33.9 cm³/mol. The number of hydrogen-bond donors (Lipinski definition) is 2. The Kier molecular flexibility index (Phi) is 1.93. The first-order chi connectivity index (χ1) is 4.61. The molecule has 1 aliphatic heterocycles. The summed E-state index contributed by atoms with van der Waals surface area (Å²) >= 11 is 0. The van der Waals surface area contributed by atoms with Crippen molar-refractivity contribution in [2.45, 2.75) is 6.03 Å². The Morgan fingerprint density at radius 1 is 1.30 bits per heavy atom. The van der Waals surface area contributed by atoms with Crippen LogP contribution in [0.5, 0.6) is 0 Å². The van der Waals surface area contributed by atoms with E-state index >= 15 is 0 Å². The average Bonchev–Trinajstić information content (AvgIpc) is 2.18. The minimum atomic E-state index is -1.62. The van der Waals surface area contributed by atoms with Gasteiger partial charge in [-0.2, -0.15) is 4.89 Å². The van der Waals surface area contributed by atoms with Gasteiger partial charge in [0, 0.05) is 13.1 Å². The topological polar surface area (TPSA) is 56.2 Å². The van der Waals surface area contributed by atoms with Gasteiger partial charge in [-0.05, 0) is 14.1 Å². The molecule has 1 saturated heterocycles. The fourth-order valence-electron chi connectivity index (χ4n) is 1.02. The second kappa shape index (κ2) is 2.44. The van der Waals surface area contributed by atoms with Gasteiger partial charge in [0.2, 0.25) is 0 Å². The molecule has 0 unspecified atom stereocenters. The molecule has 5 nitrogen and oxygen atoms in total. The largest absolute Gasteiger partial charge is 0.338 e. The Morgan fingerprint density at radius 2 is 1.70 bits per heavy atom. The first kappa shape index (κ1) is 7.90. The lowest BCUT2D eigenvalue weighted by atomic mass is 10.6. The van der Waals surface area contributed by atoms with Crippen LogP contribution in [0.25, 0.3) is 0 Å². The molecule has 0 aromatic heterocycles. The van der Waals surface area contributed by atoms with Gasteiger partial charge in [0.1, 0.15) is 0 Å². The minimum Gasteiger partial charge on any atom is -0.338 e. The van der Waals surface area contributed by atoms with E-state index in [9.17, 15) is 5.11 Å². The zero-order chi connectivity index (χ0) is 7.78. The summed E-state index contributed by atoms with van der Waals surface area (Å²) in [5, 5.41) is 17.7.